The highest BCUT2D eigenvalue weighted by atomic mass is 35.5. The molecule has 0 unspecified atom stereocenters. The highest BCUT2D eigenvalue weighted by molar-refractivity contribution is 5.85. The zero-order chi connectivity index (χ0) is 13.8. The van der Waals surface area contributed by atoms with Crippen molar-refractivity contribution < 1.29 is 9.84 Å². The van der Waals surface area contributed by atoms with Gasteiger partial charge in [0.1, 0.15) is 0 Å². The van der Waals surface area contributed by atoms with Crippen molar-refractivity contribution in [1.82, 2.24) is 4.90 Å². The number of aliphatic hydroxyl groups excluding tert-OH is 1. The zero-order valence-electron chi connectivity index (χ0n) is 12.4. The molecule has 3 rings (SSSR count). The molecule has 0 aromatic heterocycles. The van der Waals surface area contributed by atoms with Crippen LogP contribution < -0.4 is 5.32 Å². The number of aliphatic hydroxyl groups is 1. The number of nitrogens with zero attached hydrogens (tertiary/aromatic N) is 1. The van der Waals surface area contributed by atoms with Crippen LogP contribution in [0.25, 0.3) is 0 Å². The Balaban J connectivity index is 0.00000161. The highest BCUT2D eigenvalue weighted by Gasteiger charge is 2.21. The van der Waals surface area contributed by atoms with Crippen molar-refractivity contribution in [3.63, 3.8) is 0 Å². The molecule has 2 aliphatic rings. The minimum Gasteiger partial charge on any atom is -0.394 e. The van der Waals surface area contributed by atoms with Crippen molar-refractivity contribution in [1.29, 1.82) is 0 Å². The summed E-state index contributed by atoms with van der Waals surface area (Å²) in [5.74, 6) is 0. The van der Waals surface area contributed by atoms with Gasteiger partial charge in [0.15, 0.2) is 0 Å². The van der Waals surface area contributed by atoms with E-state index in [0.717, 1.165) is 45.4 Å². The summed E-state index contributed by atoms with van der Waals surface area (Å²) in [5, 5.41) is 12.3. The number of piperidine rings is 1. The molecular weight excluding hydrogens is 288 g/mol. The summed E-state index contributed by atoms with van der Waals surface area (Å²) < 4.78 is 5.62. The molecular formula is C16H25ClN2O2. The van der Waals surface area contributed by atoms with Crippen LogP contribution >= 0.6 is 12.4 Å². The molecule has 0 aliphatic carbocycles. The van der Waals surface area contributed by atoms with Crippen molar-refractivity contribution in [3.8, 4) is 0 Å². The average Bonchev–Trinajstić information content (AvgIpc) is 2.96. The average molecular weight is 313 g/mol. The van der Waals surface area contributed by atoms with Crippen LogP contribution in [0.1, 0.15) is 24.0 Å². The molecule has 1 saturated heterocycles. The second-order valence-electron chi connectivity index (χ2n) is 5.70. The van der Waals surface area contributed by atoms with Crippen molar-refractivity contribution in [2.75, 3.05) is 38.2 Å². The number of benzene rings is 1. The number of hydrogen-bond donors (Lipinski definition) is 2. The number of nitrogens with one attached hydrogen (secondary N) is 1. The summed E-state index contributed by atoms with van der Waals surface area (Å²) in [5.41, 5.74) is 4.25. The third kappa shape index (κ3) is 4.10. The van der Waals surface area contributed by atoms with Gasteiger partial charge >= 0.3 is 0 Å². The summed E-state index contributed by atoms with van der Waals surface area (Å²) >= 11 is 0. The monoisotopic (exact) mass is 312 g/mol. The molecule has 0 radical (unpaired) electrons. The summed E-state index contributed by atoms with van der Waals surface area (Å²) in [6, 6.07) is 6.65. The van der Waals surface area contributed by atoms with E-state index in [-0.39, 0.29) is 19.0 Å². The van der Waals surface area contributed by atoms with Gasteiger partial charge in [-0.2, -0.15) is 0 Å². The molecule has 0 saturated carbocycles. The minimum atomic E-state index is 0. The molecule has 1 aromatic carbocycles. The quantitative estimate of drug-likeness (QED) is 0.873. The predicted molar refractivity (Wildman–Crippen MR) is 87.2 cm³/mol. The van der Waals surface area contributed by atoms with Crippen LogP contribution in [0.4, 0.5) is 5.69 Å². The maximum Gasteiger partial charge on any atom is 0.0701 e. The van der Waals surface area contributed by atoms with E-state index in [2.05, 4.69) is 28.4 Å². The molecule has 1 aromatic rings. The van der Waals surface area contributed by atoms with Gasteiger partial charge < -0.3 is 15.2 Å². The van der Waals surface area contributed by atoms with Gasteiger partial charge in [0.05, 0.1) is 19.3 Å². The molecule has 1 fully saturated rings. The van der Waals surface area contributed by atoms with E-state index in [0.29, 0.717) is 12.7 Å². The second kappa shape index (κ2) is 7.99. The van der Waals surface area contributed by atoms with E-state index >= 15 is 0 Å². The number of ether oxygens (including phenoxy) is 1. The Morgan fingerprint density at radius 1 is 1.29 bits per heavy atom. The lowest BCUT2D eigenvalue weighted by molar-refractivity contribution is -0.00898. The number of halogens is 1. The first-order valence-electron chi connectivity index (χ1n) is 7.66. The van der Waals surface area contributed by atoms with Crippen molar-refractivity contribution in [3.05, 3.63) is 29.3 Å². The van der Waals surface area contributed by atoms with Crippen molar-refractivity contribution in [2.24, 2.45) is 0 Å². The van der Waals surface area contributed by atoms with E-state index in [1.165, 1.54) is 16.8 Å². The van der Waals surface area contributed by atoms with Crippen LogP contribution in [0.3, 0.4) is 0 Å². The fraction of sp³-hybridized carbons (Fsp3) is 0.625. The number of likely N-dealkylation sites (tertiary alicyclic amines) is 1. The SMILES string of the molecule is Cl.OCCOC1CCN(Cc2cccc3c2NCC3)CC1. The lowest BCUT2D eigenvalue weighted by atomic mass is 10.0. The summed E-state index contributed by atoms with van der Waals surface area (Å²) in [6.07, 6.45) is 3.63. The van der Waals surface area contributed by atoms with Gasteiger partial charge in [-0.05, 0) is 30.4 Å². The smallest absolute Gasteiger partial charge is 0.0701 e. The molecule has 118 valence electrons. The van der Waals surface area contributed by atoms with E-state index in [1.54, 1.807) is 0 Å². The molecule has 0 amide bonds. The lowest BCUT2D eigenvalue weighted by Crippen LogP contribution is -2.37. The van der Waals surface area contributed by atoms with Crippen LogP contribution in [-0.4, -0.2) is 49.0 Å². The van der Waals surface area contributed by atoms with Crippen LogP contribution in [0.15, 0.2) is 18.2 Å². The van der Waals surface area contributed by atoms with Gasteiger partial charge in [0, 0.05) is 31.9 Å². The number of hydrogen-bond acceptors (Lipinski definition) is 4. The molecule has 0 spiro atoms. The fourth-order valence-corrected chi connectivity index (χ4v) is 3.24. The predicted octanol–water partition coefficient (Wildman–Crippen LogP) is 2.05. The topological polar surface area (TPSA) is 44.7 Å². The summed E-state index contributed by atoms with van der Waals surface area (Å²) in [7, 11) is 0. The Hall–Kier alpha value is -0.810. The Morgan fingerprint density at radius 2 is 2.10 bits per heavy atom. The zero-order valence-corrected chi connectivity index (χ0v) is 13.2. The van der Waals surface area contributed by atoms with Crippen LogP contribution in [0.2, 0.25) is 0 Å². The van der Waals surface area contributed by atoms with Gasteiger partial charge in [0.25, 0.3) is 0 Å². The van der Waals surface area contributed by atoms with Crippen molar-refractivity contribution >= 4 is 18.1 Å². The van der Waals surface area contributed by atoms with E-state index in [9.17, 15) is 0 Å². The standard InChI is InChI=1S/C16H24N2O2.ClH/c19-10-11-20-15-5-8-18(9-6-15)12-14-3-1-2-13-4-7-17-16(13)14;/h1-3,15,17,19H,4-12H2;1H. The minimum absolute atomic E-state index is 0. The number of fused-ring (bicyclic) bond motifs is 1. The Labute approximate surface area is 132 Å². The maximum absolute atomic E-state index is 8.79. The summed E-state index contributed by atoms with van der Waals surface area (Å²) in [4.78, 5) is 2.51. The lowest BCUT2D eigenvalue weighted by Gasteiger charge is -2.32. The van der Waals surface area contributed by atoms with E-state index in [4.69, 9.17) is 9.84 Å². The molecule has 2 N–H and O–H groups in total. The van der Waals surface area contributed by atoms with Gasteiger partial charge in [-0.25, -0.2) is 0 Å². The Kier molecular flexibility index (Phi) is 6.30. The summed E-state index contributed by atoms with van der Waals surface area (Å²) in [6.45, 7) is 4.87. The third-order valence-corrected chi connectivity index (χ3v) is 4.31. The maximum atomic E-state index is 8.79. The first-order chi connectivity index (χ1) is 9.86. The largest absolute Gasteiger partial charge is 0.394 e. The van der Waals surface area contributed by atoms with E-state index < -0.39 is 0 Å². The molecule has 0 bridgehead atoms. The molecule has 21 heavy (non-hydrogen) atoms. The van der Waals surface area contributed by atoms with Gasteiger partial charge in [-0.3, -0.25) is 4.90 Å². The van der Waals surface area contributed by atoms with E-state index in [1.807, 2.05) is 0 Å². The molecule has 2 heterocycles. The van der Waals surface area contributed by atoms with Crippen LogP contribution in [0.5, 0.6) is 0 Å². The normalized spacial score (nSPS) is 18.9. The number of para-hydroxylation sites is 1. The van der Waals surface area contributed by atoms with Crippen LogP contribution in [-0.2, 0) is 17.7 Å². The Morgan fingerprint density at radius 3 is 2.86 bits per heavy atom. The molecule has 5 heteroatoms. The third-order valence-electron chi connectivity index (χ3n) is 4.31. The Bertz CT molecular complexity index is 448. The number of anilines is 1. The van der Waals surface area contributed by atoms with Gasteiger partial charge in [-0.1, -0.05) is 18.2 Å². The first-order valence-corrected chi connectivity index (χ1v) is 7.66. The van der Waals surface area contributed by atoms with Crippen molar-refractivity contribution in [2.45, 2.75) is 31.9 Å². The molecule has 2 aliphatic heterocycles. The van der Waals surface area contributed by atoms with Gasteiger partial charge in [0.2, 0.25) is 0 Å². The fourth-order valence-electron chi connectivity index (χ4n) is 3.24. The number of rotatable bonds is 5. The second-order valence-corrected chi connectivity index (χ2v) is 5.70. The van der Waals surface area contributed by atoms with Crippen LogP contribution in [0, 0.1) is 0 Å². The highest BCUT2D eigenvalue weighted by Crippen LogP contribution is 2.28. The molecule has 0 atom stereocenters. The first kappa shape index (κ1) is 16.6. The molecule has 4 nitrogen and oxygen atoms in total. The van der Waals surface area contributed by atoms with Gasteiger partial charge in [-0.15, -0.1) is 12.4 Å².